The van der Waals surface area contributed by atoms with Gasteiger partial charge in [-0.1, -0.05) is 5.21 Å². The Morgan fingerprint density at radius 2 is 2.12 bits per heavy atom. The number of hydrogen-bond acceptors (Lipinski definition) is 3. The van der Waals surface area contributed by atoms with Gasteiger partial charge in [0.15, 0.2) is 0 Å². The summed E-state index contributed by atoms with van der Waals surface area (Å²) in [5.41, 5.74) is 1.99. The molecule has 0 fully saturated rings. The van der Waals surface area contributed by atoms with E-state index in [0.29, 0.717) is 19.5 Å². The number of unbranched alkanes of at least 4 members (excludes halogenated alkanes) is 1. The number of aromatic nitrogens is 3. The normalized spacial score (nSPS) is 15.9. The average molecular weight is 248 g/mol. The fraction of sp³-hybridized carbons (Fsp3) is 0.800. The van der Waals surface area contributed by atoms with Gasteiger partial charge in [0.2, 0.25) is 0 Å². The Balaban J connectivity index is 1.81. The van der Waals surface area contributed by atoms with Crippen molar-refractivity contribution in [3.05, 3.63) is 11.4 Å². The molecule has 4 nitrogen and oxygen atoms in total. The van der Waals surface area contributed by atoms with Gasteiger partial charge in [0.05, 0.1) is 11.4 Å². The predicted octanol–water partition coefficient (Wildman–Crippen LogP) is 1.66. The quantitative estimate of drug-likeness (QED) is 0.824. The Bertz CT molecular complexity index is 372. The molecule has 0 atom stereocenters. The van der Waals surface area contributed by atoms with Crippen LogP contribution in [-0.2, 0) is 19.5 Å². The molecule has 1 aliphatic rings. The highest BCUT2D eigenvalue weighted by Crippen LogP contribution is 2.22. The maximum Gasteiger partial charge on any atom is 0.389 e. The molecule has 1 aliphatic heterocycles. The Morgan fingerprint density at radius 1 is 1.29 bits per heavy atom. The van der Waals surface area contributed by atoms with Gasteiger partial charge in [0, 0.05) is 32.5 Å². The van der Waals surface area contributed by atoms with Crippen LogP contribution < -0.4 is 5.32 Å². The number of nitrogens with one attached hydrogen (secondary N) is 1. The van der Waals surface area contributed by atoms with Crippen molar-refractivity contribution in [2.75, 3.05) is 6.54 Å². The van der Waals surface area contributed by atoms with Crippen molar-refractivity contribution in [1.29, 1.82) is 0 Å². The minimum Gasteiger partial charge on any atom is -0.311 e. The van der Waals surface area contributed by atoms with Crippen LogP contribution in [0.25, 0.3) is 0 Å². The van der Waals surface area contributed by atoms with E-state index in [0.717, 1.165) is 24.4 Å². The molecule has 1 aromatic rings. The zero-order chi connectivity index (χ0) is 12.3. The van der Waals surface area contributed by atoms with E-state index in [4.69, 9.17) is 0 Å². The molecule has 0 aliphatic carbocycles. The molecule has 0 radical (unpaired) electrons. The van der Waals surface area contributed by atoms with Crippen LogP contribution in [0, 0.1) is 0 Å². The molecule has 0 amide bonds. The molecule has 17 heavy (non-hydrogen) atoms. The second kappa shape index (κ2) is 5.03. The summed E-state index contributed by atoms with van der Waals surface area (Å²) >= 11 is 0. The van der Waals surface area contributed by atoms with E-state index in [1.54, 1.807) is 4.68 Å². The molecule has 0 saturated heterocycles. The van der Waals surface area contributed by atoms with Crippen LogP contribution in [0.5, 0.6) is 0 Å². The van der Waals surface area contributed by atoms with Crippen molar-refractivity contribution in [2.24, 2.45) is 0 Å². The zero-order valence-corrected chi connectivity index (χ0v) is 9.43. The standard InChI is InChI=1S/C10H15F3N4/c11-10(12,13)4-1-2-6-17-9-3-5-14-7-8(9)15-16-17/h14H,1-7H2. The van der Waals surface area contributed by atoms with E-state index < -0.39 is 12.6 Å². The first-order valence-corrected chi connectivity index (χ1v) is 5.75. The lowest BCUT2D eigenvalue weighted by molar-refractivity contribution is -0.135. The highest BCUT2D eigenvalue weighted by molar-refractivity contribution is 5.13. The average Bonchev–Trinajstić information content (AvgIpc) is 2.67. The maximum absolute atomic E-state index is 12.0. The second-order valence-corrected chi connectivity index (χ2v) is 4.21. The number of fused-ring (bicyclic) bond motifs is 1. The van der Waals surface area contributed by atoms with Crippen molar-refractivity contribution < 1.29 is 13.2 Å². The molecule has 2 rings (SSSR count). The summed E-state index contributed by atoms with van der Waals surface area (Å²) in [6, 6.07) is 0. The van der Waals surface area contributed by atoms with E-state index in [1.165, 1.54) is 0 Å². The van der Waals surface area contributed by atoms with Crippen LogP contribution in [0.15, 0.2) is 0 Å². The fourth-order valence-corrected chi connectivity index (χ4v) is 1.96. The lowest BCUT2D eigenvalue weighted by Gasteiger charge is -2.13. The van der Waals surface area contributed by atoms with E-state index in [1.807, 2.05) is 0 Å². The highest BCUT2D eigenvalue weighted by atomic mass is 19.4. The summed E-state index contributed by atoms with van der Waals surface area (Å²) in [5.74, 6) is 0. The SMILES string of the molecule is FC(F)(F)CCCCn1nnc2c1CCNC2. The molecule has 7 heteroatoms. The monoisotopic (exact) mass is 248 g/mol. The number of nitrogens with zero attached hydrogens (tertiary/aromatic N) is 3. The molecule has 0 bridgehead atoms. The predicted molar refractivity (Wildman–Crippen MR) is 55.3 cm³/mol. The third-order valence-corrected chi connectivity index (χ3v) is 2.83. The minimum atomic E-state index is -4.05. The van der Waals surface area contributed by atoms with E-state index >= 15 is 0 Å². The topological polar surface area (TPSA) is 42.7 Å². The Morgan fingerprint density at radius 3 is 2.88 bits per heavy atom. The molecular formula is C10H15F3N4. The smallest absolute Gasteiger partial charge is 0.311 e. The van der Waals surface area contributed by atoms with Crippen molar-refractivity contribution in [3.63, 3.8) is 0 Å². The molecule has 1 aromatic heterocycles. The van der Waals surface area contributed by atoms with Crippen molar-refractivity contribution in [1.82, 2.24) is 20.3 Å². The molecule has 2 heterocycles. The number of halogens is 3. The first-order chi connectivity index (χ1) is 8.06. The first-order valence-electron chi connectivity index (χ1n) is 5.75. The van der Waals surface area contributed by atoms with Crippen molar-refractivity contribution in [2.45, 2.75) is 44.9 Å². The molecule has 1 N–H and O–H groups in total. The lowest BCUT2D eigenvalue weighted by atomic mass is 10.1. The summed E-state index contributed by atoms with van der Waals surface area (Å²) in [6.07, 6.45) is -3.28. The van der Waals surface area contributed by atoms with Crippen LogP contribution in [0.2, 0.25) is 0 Å². The number of alkyl halides is 3. The van der Waals surface area contributed by atoms with Crippen LogP contribution in [0.4, 0.5) is 13.2 Å². The van der Waals surface area contributed by atoms with Crippen LogP contribution in [0.3, 0.4) is 0 Å². The van der Waals surface area contributed by atoms with Gasteiger partial charge >= 0.3 is 6.18 Å². The third-order valence-electron chi connectivity index (χ3n) is 2.83. The number of aryl methyl sites for hydroxylation is 1. The van der Waals surface area contributed by atoms with Crippen molar-refractivity contribution >= 4 is 0 Å². The van der Waals surface area contributed by atoms with Gasteiger partial charge in [0.25, 0.3) is 0 Å². The highest BCUT2D eigenvalue weighted by Gasteiger charge is 2.26. The second-order valence-electron chi connectivity index (χ2n) is 4.21. The first kappa shape index (κ1) is 12.3. The molecule has 0 saturated carbocycles. The van der Waals surface area contributed by atoms with Gasteiger partial charge in [-0.25, -0.2) is 4.68 Å². The summed E-state index contributed by atoms with van der Waals surface area (Å²) < 4.78 is 37.6. The van der Waals surface area contributed by atoms with E-state index in [2.05, 4.69) is 15.6 Å². The molecule has 96 valence electrons. The Labute approximate surface area is 97.2 Å². The molecule has 0 spiro atoms. The van der Waals surface area contributed by atoms with Gasteiger partial charge in [-0.3, -0.25) is 0 Å². The van der Waals surface area contributed by atoms with Crippen LogP contribution >= 0.6 is 0 Å². The van der Waals surface area contributed by atoms with Gasteiger partial charge in [-0.2, -0.15) is 13.2 Å². The van der Waals surface area contributed by atoms with E-state index in [9.17, 15) is 13.2 Å². The summed E-state index contributed by atoms with van der Waals surface area (Å²) in [7, 11) is 0. The summed E-state index contributed by atoms with van der Waals surface area (Å²) in [5, 5.41) is 11.2. The van der Waals surface area contributed by atoms with Gasteiger partial charge in [-0.05, 0) is 12.8 Å². The lowest BCUT2D eigenvalue weighted by Crippen LogP contribution is -2.25. The largest absolute Gasteiger partial charge is 0.389 e. The van der Waals surface area contributed by atoms with Crippen molar-refractivity contribution in [3.8, 4) is 0 Å². The summed E-state index contributed by atoms with van der Waals surface area (Å²) in [6.45, 7) is 2.11. The third kappa shape index (κ3) is 3.42. The number of rotatable bonds is 4. The maximum atomic E-state index is 12.0. The van der Waals surface area contributed by atoms with Crippen LogP contribution in [0.1, 0.15) is 30.7 Å². The molecular weight excluding hydrogens is 233 g/mol. The Kier molecular flexibility index (Phi) is 3.66. The minimum absolute atomic E-state index is 0.149. The summed E-state index contributed by atoms with van der Waals surface area (Å²) in [4.78, 5) is 0. The Hall–Kier alpha value is -1.11. The molecule has 0 aromatic carbocycles. The zero-order valence-electron chi connectivity index (χ0n) is 9.43. The van der Waals surface area contributed by atoms with Gasteiger partial charge in [-0.15, -0.1) is 5.10 Å². The molecule has 0 unspecified atom stereocenters. The van der Waals surface area contributed by atoms with E-state index in [-0.39, 0.29) is 6.42 Å². The van der Waals surface area contributed by atoms with Gasteiger partial charge in [0.1, 0.15) is 0 Å². The fourth-order valence-electron chi connectivity index (χ4n) is 1.96. The van der Waals surface area contributed by atoms with Crippen LogP contribution in [-0.4, -0.2) is 27.7 Å². The number of hydrogen-bond donors (Lipinski definition) is 1. The van der Waals surface area contributed by atoms with Gasteiger partial charge < -0.3 is 5.32 Å².